The quantitative estimate of drug-likeness (QED) is 0.476. The Labute approximate surface area is 175 Å². The second kappa shape index (κ2) is 8.11. The lowest BCUT2D eigenvalue weighted by molar-refractivity contribution is -0.116. The number of anilines is 1. The first-order valence-electron chi connectivity index (χ1n) is 9.98. The SMILES string of the molecule is Cc1ccc(NC(=O)CC(c2ccccc2F)c2cnc3cccc(C)n23)cc1C. The number of hydrogen-bond acceptors (Lipinski definition) is 2. The van der Waals surface area contributed by atoms with Gasteiger partial charge in [-0.15, -0.1) is 0 Å². The van der Waals surface area contributed by atoms with E-state index in [-0.39, 0.29) is 18.1 Å². The summed E-state index contributed by atoms with van der Waals surface area (Å²) in [5.74, 6) is -0.964. The lowest BCUT2D eigenvalue weighted by atomic mass is 9.91. The van der Waals surface area contributed by atoms with E-state index >= 15 is 0 Å². The molecule has 0 fully saturated rings. The number of nitrogens with zero attached hydrogens (tertiary/aromatic N) is 2. The van der Waals surface area contributed by atoms with E-state index in [1.807, 2.05) is 61.6 Å². The summed E-state index contributed by atoms with van der Waals surface area (Å²) in [5.41, 5.74) is 6.05. The second-order valence-electron chi connectivity index (χ2n) is 7.67. The van der Waals surface area contributed by atoms with Crippen LogP contribution in [0.5, 0.6) is 0 Å². The summed E-state index contributed by atoms with van der Waals surface area (Å²) < 4.78 is 16.7. The molecule has 0 aliphatic rings. The molecule has 5 heteroatoms. The van der Waals surface area contributed by atoms with Crippen LogP contribution in [0, 0.1) is 26.6 Å². The minimum absolute atomic E-state index is 0.107. The van der Waals surface area contributed by atoms with Crippen molar-refractivity contribution in [1.82, 2.24) is 9.38 Å². The van der Waals surface area contributed by atoms with Crippen LogP contribution in [-0.4, -0.2) is 15.3 Å². The molecule has 30 heavy (non-hydrogen) atoms. The van der Waals surface area contributed by atoms with E-state index in [0.717, 1.165) is 28.3 Å². The molecular weight excluding hydrogens is 377 g/mol. The number of imidazole rings is 1. The van der Waals surface area contributed by atoms with E-state index < -0.39 is 5.92 Å². The molecule has 4 rings (SSSR count). The summed E-state index contributed by atoms with van der Waals surface area (Å²) in [6.45, 7) is 6.02. The number of halogens is 1. The smallest absolute Gasteiger partial charge is 0.225 e. The van der Waals surface area contributed by atoms with Gasteiger partial charge in [0, 0.05) is 29.9 Å². The molecule has 1 unspecified atom stereocenters. The van der Waals surface area contributed by atoms with Crippen LogP contribution in [0.15, 0.2) is 66.9 Å². The highest BCUT2D eigenvalue weighted by Crippen LogP contribution is 2.31. The largest absolute Gasteiger partial charge is 0.326 e. The minimum atomic E-state index is -0.464. The molecule has 1 atom stereocenters. The van der Waals surface area contributed by atoms with E-state index in [9.17, 15) is 9.18 Å². The molecule has 0 aliphatic carbocycles. The lowest BCUT2D eigenvalue weighted by Crippen LogP contribution is -2.18. The Kier molecular flexibility index (Phi) is 5.36. The zero-order chi connectivity index (χ0) is 21.3. The standard InChI is InChI=1S/C25H24FN3O/c1-16-11-12-19(13-17(16)2)28-25(30)14-21(20-8-4-5-9-22(20)26)23-15-27-24-10-6-7-18(3)29(23)24/h4-13,15,21H,14H2,1-3H3,(H,28,30). The van der Waals surface area contributed by atoms with Crippen molar-refractivity contribution < 1.29 is 9.18 Å². The molecule has 4 nitrogen and oxygen atoms in total. The zero-order valence-electron chi connectivity index (χ0n) is 17.3. The molecule has 2 heterocycles. The summed E-state index contributed by atoms with van der Waals surface area (Å²) in [6.07, 6.45) is 1.85. The second-order valence-corrected chi connectivity index (χ2v) is 7.67. The molecule has 0 saturated heterocycles. The summed E-state index contributed by atoms with van der Waals surface area (Å²) in [5, 5.41) is 2.96. The number of carbonyl (C=O) groups is 1. The molecule has 0 saturated carbocycles. The van der Waals surface area contributed by atoms with E-state index in [1.165, 1.54) is 11.6 Å². The summed E-state index contributed by atoms with van der Waals surface area (Å²) >= 11 is 0. The van der Waals surface area contributed by atoms with Gasteiger partial charge in [-0.2, -0.15) is 0 Å². The van der Waals surface area contributed by atoms with Gasteiger partial charge in [-0.3, -0.25) is 4.79 Å². The van der Waals surface area contributed by atoms with Crippen LogP contribution in [0.2, 0.25) is 0 Å². The number of aryl methyl sites for hydroxylation is 3. The summed E-state index contributed by atoms with van der Waals surface area (Å²) in [7, 11) is 0. The van der Waals surface area contributed by atoms with Crippen LogP contribution < -0.4 is 5.32 Å². The fourth-order valence-corrected chi connectivity index (χ4v) is 3.82. The van der Waals surface area contributed by atoms with Crippen molar-refractivity contribution in [2.75, 3.05) is 5.32 Å². The van der Waals surface area contributed by atoms with E-state index in [2.05, 4.69) is 10.3 Å². The molecule has 1 N–H and O–H groups in total. The van der Waals surface area contributed by atoms with Crippen molar-refractivity contribution in [3.63, 3.8) is 0 Å². The van der Waals surface area contributed by atoms with Crippen LogP contribution in [0.3, 0.4) is 0 Å². The van der Waals surface area contributed by atoms with Gasteiger partial charge in [0.1, 0.15) is 11.5 Å². The van der Waals surface area contributed by atoms with E-state index in [1.54, 1.807) is 24.4 Å². The monoisotopic (exact) mass is 401 g/mol. The number of nitrogens with one attached hydrogen (secondary N) is 1. The number of carbonyl (C=O) groups excluding carboxylic acids is 1. The number of hydrogen-bond donors (Lipinski definition) is 1. The Hall–Kier alpha value is -3.47. The summed E-state index contributed by atoms with van der Waals surface area (Å²) in [4.78, 5) is 17.4. The van der Waals surface area contributed by atoms with Gasteiger partial charge >= 0.3 is 0 Å². The Morgan fingerprint density at radius 1 is 1.03 bits per heavy atom. The Bertz CT molecular complexity index is 1230. The number of fused-ring (bicyclic) bond motifs is 1. The molecule has 152 valence electrons. The van der Waals surface area contributed by atoms with E-state index in [0.29, 0.717) is 5.56 Å². The zero-order valence-corrected chi connectivity index (χ0v) is 17.3. The van der Waals surface area contributed by atoms with Crippen LogP contribution in [0.25, 0.3) is 5.65 Å². The molecule has 2 aromatic heterocycles. The maximum absolute atomic E-state index is 14.7. The lowest BCUT2D eigenvalue weighted by Gasteiger charge is -2.19. The Morgan fingerprint density at radius 3 is 2.60 bits per heavy atom. The van der Waals surface area contributed by atoms with Crippen LogP contribution in [0.4, 0.5) is 10.1 Å². The van der Waals surface area contributed by atoms with Gasteiger partial charge in [0.05, 0.1) is 5.69 Å². The van der Waals surface area contributed by atoms with Gasteiger partial charge in [0.2, 0.25) is 5.91 Å². The minimum Gasteiger partial charge on any atom is -0.326 e. The fourth-order valence-electron chi connectivity index (χ4n) is 3.82. The third-order valence-corrected chi connectivity index (χ3v) is 5.57. The highest BCUT2D eigenvalue weighted by atomic mass is 19.1. The molecule has 1 amide bonds. The number of pyridine rings is 1. The van der Waals surface area contributed by atoms with Gasteiger partial charge in [0.25, 0.3) is 0 Å². The highest BCUT2D eigenvalue weighted by molar-refractivity contribution is 5.91. The van der Waals surface area contributed by atoms with Gasteiger partial charge in [-0.05, 0) is 67.8 Å². The average molecular weight is 401 g/mol. The molecule has 4 aromatic rings. The predicted octanol–water partition coefficient (Wildman–Crippen LogP) is 5.56. The third-order valence-electron chi connectivity index (χ3n) is 5.57. The van der Waals surface area contributed by atoms with Crippen molar-refractivity contribution in [3.05, 3.63) is 101 Å². The van der Waals surface area contributed by atoms with Gasteiger partial charge < -0.3 is 9.72 Å². The molecule has 0 aliphatic heterocycles. The van der Waals surface area contributed by atoms with Crippen LogP contribution >= 0.6 is 0 Å². The first-order chi connectivity index (χ1) is 14.4. The van der Waals surface area contributed by atoms with Crippen molar-refractivity contribution in [2.45, 2.75) is 33.1 Å². The first-order valence-corrected chi connectivity index (χ1v) is 9.98. The van der Waals surface area contributed by atoms with Crippen molar-refractivity contribution in [1.29, 1.82) is 0 Å². The topological polar surface area (TPSA) is 46.4 Å². The summed E-state index contributed by atoms with van der Waals surface area (Å²) in [6, 6.07) is 18.3. The van der Waals surface area contributed by atoms with Gasteiger partial charge in [-0.1, -0.05) is 30.3 Å². The predicted molar refractivity (Wildman–Crippen MR) is 117 cm³/mol. The third kappa shape index (κ3) is 3.83. The van der Waals surface area contributed by atoms with Gasteiger partial charge in [-0.25, -0.2) is 9.37 Å². The Balaban J connectivity index is 1.72. The number of aromatic nitrogens is 2. The van der Waals surface area contributed by atoms with Crippen molar-refractivity contribution in [2.24, 2.45) is 0 Å². The molecular formula is C25H24FN3O. The van der Waals surface area contributed by atoms with Crippen LogP contribution in [0.1, 0.15) is 40.4 Å². The molecule has 0 bridgehead atoms. The maximum atomic E-state index is 14.7. The highest BCUT2D eigenvalue weighted by Gasteiger charge is 2.25. The van der Waals surface area contributed by atoms with E-state index in [4.69, 9.17) is 0 Å². The fraction of sp³-hybridized carbons (Fsp3) is 0.200. The van der Waals surface area contributed by atoms with Crippen molar-refractivity contribution >= 4 is 17.2 Å². The van der Waals surface area contributed by atoms with Crippen molar-refractivity contribution in [3.8, 4) is 0 Å². The van der Waals surface area contributed by atoms with Gasteiger partial charge in [0.15, 0.2) is 0 Å². The number of benzene rings is 2. The number of rotatable bonds is 5. The first kappa shape index (κ1) is 19.8. The normalized spacial score (nSPS) is 12.1. The maximum Gasteiger partial charge on any atom is 0.225 e. The number of amides is 1. The molecule has 0 spiro atoms. The molecule has 0 radical (unpaired) electrons. The molecule has 2 aromatic carbocycles. The average Bonchev–Trinajstić information content (AvgIpc) is 3.15. The van der Waals surface area contributed by atoms with Crippen LogP contribution in [-0.2, 0) is 4.79 Å². The Morgan fingerprint density at radius 2 is 1.83 bits per heavy atom.